The molecule has 0 spiro atoms. The molecule has 1 N–H and O–H groups in total. The van der Waals surface area contributed by atoms with Crippen LogP contribution < -0.4 is 0 Å². The molecule has 0 radical (unpaired) electrons. The van der Waals surface area contributed by atoms with Crippen molar-refractivity contribution < 1.29 is 14.6 Å². The van der Waals surface area contributed by atoms with E-state index in [0.717, 1.165) is 19.7 Å². The van der Waals surface area contributed by atoms with Gasteiger partial charge >= 0.3 is 0 Å². The van der Waals surface area contributed by atoms with Crippen molar-refractivity contribution in [2.45, 2.75) is 18.9 Å². The van der Waals surface area contributed by atoms with E-state index in [4.69, 9.17) is 9.47 Å². The number of likely N-dealkylation sites (tertiary alicyclic amines) is 1. The zero-order valence-corrected chi connectivity index (χ0v) is 9.82. The van der Waals surface area contributed by atoms with Crippen LogP contribution in [0, 0.1) is 5.92 Å². The fraction of sp³-hybridized carbons (Fsp3) is 1.00. The molecular formula is C11H23NO3. The van der Waals surface area contributed by atoms with Crippen LogP contribution in [0.5, 0.6) is 0 Å². The van der Waals surface area contributed by atoms with Gasteiger partial charge in [0.15, 0.2) is 0 Å². The number of piperidine rings is 1. The van der Waals surface area contributed by atoms with Gasteiger partial charge < -0.3 is 19.5 Å². The van der Waals surface area contributed by atoms with Gasteiger partial charge in [-0.25, -0.2) is 0 Å². The number of ether oxygens (including phenoxy) is 2. The third kappa shape index (κ3) is 4.93. The molecular weight excluding hydrogens is 194 g/mol. The lowest BCUT2D eigenvalue weighted by Crippen LogP contribution is -2.42. The van der Waals surface area contributed by atoms with Crippen LogP contribution in [0.2, 0.25) is 0 Å². The van der Waals surface area contributed by atoms with E-state index in [-0.39, 0.29) is 6.10 Å². The highest BCUT2D eigenvalue weighted by atomic mass is 16.5. The van der Waals surface area contributed by atoms with Crippen molar-refractivity contribution in [3.63, 3.8) is 0 Å². The first-order valence-corrected chi connectivity index (χ1v) is 5.64. The van der Waals surface area contributed by atoms with Gasteiger partial charge in [0, 0.05) is 27.3 Å². The van der Waals surface area contributed by atoms with Crippen LogP contribution in [0.25, 0.3) is 0 Å². The van der Waals surface area contributed by atoms with Crippen LogP contribution in [0.4, 0.5) is 0 Å². The Morgan fingerprint density at radius 2 is 2.20 bits per heavy atom. The van der Waals surface area contributed by atoms with E-state index in [1.807, 2.05) is 0 Å². The summed E-state index contributed by atoms with van der Waals surface area (Å²) < 4.78 is 10.1. The molecule has 0 aliphatic carbocycles. The number of hydrogen-bond donors (Lipinski definition) is 1. The molecule has 0 amide bonds. The summed E-state index contributed by atoms with van der Waals surface area (Å²) in [5.41, 5.74) is 0. The van der Waals surface area contributed by atoms with Crippen molar-refractivity contribution in [2.75, 3.05) is 47.1 Å². The Bertz CT molecular complexity index is 162. The van der Waals surface area contributed by atoms with Gasteiger partial charge in [0.25, 0.3) is 0 Å². The fourth-order valence-corrected chi connectivity index (χ4v) is 2.23. The maximum atomic E-state index is 9.62. The first kappa shape index (κ1) is 12.9. The zero-order chi connectivity index (χ0) is 11.1. The Balaban J connectivity index is 2.23. The Hall–Kier alpha value is -0.160. The van der Waals surface area contributed by atoms with Gasteiger partial charge in [-0.3, -0.25) is 0 Å². The van der Waals surface area contributed by atoms with Gasteiger partial charge in [-0.1, -0.05) is 0 Å². The van der Waals surface area contributed by atoms with E-state index in [1.54, 1.807) is 14.2 Å². The summed E-state index contributed by atoms with van der Waals surface area (Å²) in [4.78, 5) is 2.30. The highest BCUT2D eigenvalue weighted by Crippen LogP contribution is 2.16. The molecule has 0 aromatic rings. The van der Waals surface area contributed by atoms with Crippen molar-refractivity contribution in [3.05, 3.63) is 0 Å². The second-order valence-electron chi connectivity index (χ2n) is 4.33. The lowest BCUT2D eigenvalue weighted by Gasteiger charge is -2.33. The smallest absolute Gasteiger partial charge is 0.0900 e. The highest BCUT2D eigenvalue weighted by molar-refractivity contribution is 4.74. The van der Waals surface area contributed by atoms with Crippen LogP contribution in [0.15, 0.2) is 0 Å². The first-order valence-electron chi connectivity index (χ1n) is 5.64. The molecule has 15 heavy (non-hydrogen) atoms. The van der Waals surface area contributed by atoms with Gasteiger partial charge in [0.1, 0.15) is 0 Å². The van der Waals surface area contributed by atoms with Gasteiger partial charge in [0.05, 0.1) is 19.3 Å². The number of methoxy groups -OCH3 is 2. The SMILES string of the molecule is COC[C@H](O)CN1CCC[C@H](COC)C1. The van der Waals surface area contributed by atoms with Crippen LogP contribution in [0.1, 0.15) is 12.8 Å². The van der Waals surface area contributed by atoms with E-state index < -0.39 is 0 Å². The lowest BCUT2D eigenvalue weighted by molar-refractivity contribution is 0.0186. The fourth-order valence-electron chi connectivity index (χ4n) is 2.23. The minimum absolute atomic E-state index is 0.365. The summed E-state index contributed by atoms with van der Waals surface area (Å²) in [6.07, 6.45) is 2.08. The largest absolute Gasteiger partial charge is 0.389 e. The van der Waals surface area contributed by atoms with E-state index in [1.165, 1.54) is 12.8 Å². The minimum atomic E-state index is -0.365. The third-order valence-electron chi connectivity index (χ3n) is 2.83. The predicted octanol–water partition coefficient (Wildman–Crippen LogP) is 0.352. The van der Waals surface area contributed by atoms with Crippen molar-refractivity contribution >= 4 is 0 Å². The Morgan fingerprint density at radius 1 is 1.40 bits per heavy atom. The molecule has 0 bridgehead atoms. The molecule has 1 fully saturated rings. The second-order valence-corrected chi connectivity index (χ2v) is 4.33. The topological polar surface area (TPSA) is 41.9 Å². The molecule has 1 aliphatic rings. The zero-order valence-electron chi connectivity index (χ0n) is 9.82. The molecule has 90 valence electrons. The Kier molecular flexibility index (Phi) is 6.17. The summed E-state index contributed by atoms with van der Waals surface area (Å²) in [7, 11) is 3.37. The first-order chi connectivity index (χ1) is 7.26. The van der Waals surface area contributed by atoms with Crippen molar-refractivity contribution in [2.24, 2.45) is 5.92 Å². The summed E-state index contributed by atoms with van der Waals surface area (Å²) in [6.45, 7) is 4.09. The van der Waals surface area contributed by atoms with Gasteiger partial charge in [-0.2, -0.15) is 0 Å². The molecule has 0 unspecified atom stereocenters. The molecule has 1 rings (SSSR count). The van der Waals surface area contributed by atoms with Crippen LogP contribution in [-0.2, 0) is 9.47 Å². The maximum absolute atomic E-state index is 9.62. The van der Waals surface area contributed by atoms with Crippen molar-refractivity contribution in [1.29, 1.82) is 0 Å². The number of hydrogen-bond acceptors (Lipinski definition) is 4. The molecule has 2 atom stereocenters. The number of β-amino-alcohol motifs (C(OH)–C–C–N with tert-alkyl or cyclic N) is 1. The molecule has 0 saturated carbocycles. The lowest BCUT2D eigenvalue weighted by atomic mass is 9.99. The minimum Gasteiger partial charge on any atom is -0.389 e. The number of aliphatic hydroxyl groups is 1. The van der Waals surface area contributed by atoms with Gasteiger partial charge in [-0.05, 0) is 25.3 Å². The average molecular weight is 217 g/mol. The van der Waals surface area contributed by atoms with Crippen molar-refractivity contribution in [1.82, 2.24) is 4.90 Å². The Labute approximate surface area is 92.2 Å². The number of aliphatic hydroxyl groups excluding tert-OH is 1. The third-order valence-corrected chi connectivity index (χ3v) is 2.83. The van der Waals surface area contributed by atoms with Crippen LogP contribution in [0.3, 0.4) is 0 Å². The number of rotatable bonds is 6. The number of nitrogens with zero attached hydrogens (tertiary/aromatic N) is 1. The summed E-state index contributed by atoms with van der Waals surface area (Å²) >= 11 is 0. The Morgan fingerprint density at radius 3 is 2.87 bits per heavy atom. The molecule has 0 aromatic carbocycles. The van der Waals surface area contributed by atoms with E-state index in [0.29, 0.717) is 19.1 Å². The van der Waals surface area contributed by atoms with Crippen LogP contribution in [-0.4, -0.2) is 63.2 Å². The average Bonchev–Trinajstić information content (AvgIpc) is 2.19. The van der Waals surface area contributed by atoms with Crippen LogP contribution >= 0.6 is 0 Å². The molecule has 1 heterocycles. The summed E-state index contributed by atoms with van der Waals surface area (Å²) in [5, 5.41) is 9.62. The van der Waals surface area contributed by atoms with E-state index in [2.05, 4.69) is 4.90 Å². The van der Waals surface area contributed by atoms with Gasteiger partial charge in [-0.15, -0.1) is 0 Å². The quantitative estimate of drug-likeness (QED) is 0.697. The molecule has 1 saturated heterocycles. The van der Waals surface area contributed by atoms with E-state index in [9.17, 15) is 5.11 Å². The standard InChI is InChI=1S/C11H23NO3/c1-14-8-10-4-3-5-12(6-10)7-11(13)9-15-2/h10-11,13H,3-9H2,1-2H3/t10-,11+/m0/s1. The second kappa shape index (κ2) is 7.17. The summed E-state index contributed by atoms with van der Waals surface area (Å²) in [5.74, 6) is 0.624. The predicted molar refractivity (Wildman–Crippen MR) is 58.9 cm³/mol. The normalized spacial score (nSPS) is 25.4. The molecule has 1 aliphatic heterocycles. The molecule has 4 heteroatoms. The monoisotopic (exact) mass is 217 g/mol. The summed E-state index contributed by atoms with van der Waals surface area (Å²) in [6, 6.07) is 0. The highest BCUT2D eigenvalue weighted by Gasteiger charge is 2.21. The van der Waals surface area contributed by atoms with E-state index >= 15 is 0 Å². The van der Waals surface area contributed by atoms with Crippen molar-refractivity contribution in [3.8, 4) is 0 Å². The molecule has 4 nitrogen and oxygen atoms in total. The molecule has 0 aromatic heterocycles. The van der Waals surface area contributed by atoms with Gasteiger partial charge in [0.2, 0.25) is 0 Å². The maximum Gasteiger partial charge on any atom is 0.0900 e.